The fourth-order valence-corrected chi connectivity index (χ4v) is 2.58. The summed E-state index contributed by atoms with van der Waals surface area (Å²) in [5, 5.41) is 13.1. The molecule has 0 radical (unpaired) electrons. The molecule has 28 heavy (non-hydrogen) atoms. The largest absolute Gasteiger partial charge is 0.478 e. The normalized spacial score (nSPS) is 11.0. The van der Waals surface area contributed by atoms with Crippen LogP contribution in [0.1, 0.15) is 41.3 Å². The van der Waals surface area contributed by atoms with Crippen LogP contribution in [0, 0.1) is 0 Å². The fraction of sp³-hybridized carbons (Fsp3) is 0.130. The van der Waals surface area contributed by atoms with Gasteiger partial charge in [-0.2, -0.15) is 5.10 Å². The second kappa shape index (κ2) is 8.86. The van der Waals surface area contributed by atoms with E-state index in [1.54, 1.807) is 18.3 Å². The van der Waals surface area contributed by atoms with Gasteiger partial charge in [-0.1, -0.05) is 32.0 Å². The molecule has 0 spiro atoms. The van der Waals surface area contributed by atoms with Gasteiger partial charge in [-0.25, -0.2) is 4.79 Å². The van der Waals surface area contributed by atoms with Gasteiger partial charge in [0.25, 0.3) is 0 Å². The number of nitrogens with zero attached hydrogens (tertiary/aromatic N) is 1. The van der Waals surface area contributed by atoms with Crippen molar-refractivity contribution in [1.29, 1.82) is 0 Å². The highest BCUT2D eigenvalue weighted by atomic mass is 16.5. The Morgan fingerprint density at radius 3 is 2.25 bits per heavy atom. The number of carboxylic acids is 1. The van der Waals surface area contributed by atoms with Gasteiger partial charge >= 0.3 is 5.97 Å². The van der Waals surface area contributed by atoms with E-state index >= 15 is 0 Å². The van der Waals surface area contributed by atoms with Crippen LogP contribution >= 0.6 is 0 Å². The molecule has 0 saturated carbocycles. The Kier molecular flexibility index (Phi) is 6.07. The monoisotopic (exact) mass is 374 g/mol. The molecule has 3 aromatic carbocycles. The van der Waals surface area contributed by atoms with Crippen molar-refractivity contribution in [3.8, 4) is 11.5 Å². The summed E-state index contributed by atoms with van der Waals surface area (Å²) in [6, 6.07) is 22.1. The zero-order valence-corrected chi connectivity index (χ0v) is 15.8. The molecule has 0 saturated heterocycles. The minimum absolute atomic E-state index is 0.211. The van der Waals surface area contributed by atoms with Crippen LogP contribution in [0.15, 0.2) is 77.9 Å². The molecule has 5 heteroatoms. The Balaban J connectivity index is 1.58. The second-order valence-corrected chi connectivity index (χ2v) is 6.65. The molecule has 0 heterocycles. The number of hydrazone groups is 1. The SMILES string of the molecule is CC(C)c1ccc(Oc2ccc(C=NNc3cccc(C(=O)O)c3)cc2)cc1. The van der Waals surface area contributed by atoms with Crippen molar-refractivity contribution in [2.45, 2.75) is 19.8 Å². The van der Waals surface area contributed by atoms with Crippen LogP contribution < -0.4 is 10.2 Å². The summed E-state index contributed by atoms with van der Waals surface area (Å²) in [5.74, 6) is 1.07. The molecular formula is C23H22N2O3. The number of anilines is 1. The molecule has 3 rings (SSSR count). The average Bonchev–Trinajstić information content (AvgIpc) is 2.70. The lowest BCUT2D eigenvalue weighted by Gasteiger charge is -2.08. The molecule has 142 valence electrons. The van der Waals surface area contributed by atoms with E-state index < -0.39 is 5.97 Å². The zero-order valence-electron chi connectivity index (χ0n) is 15.8. The van der Waals surface area contributed by atoms with Crippen molar-refractivity contribution in [2.24, 2.45) is 5.10 Å². The third-order valence-corrected chi connectivity index (χ3v) is 4.18. The first-order valence-corrected chi connectivity index (χ1v) is 9.01. The summed E-state index contributed by atoms with van der Waals surface area (Å²) in [6.07, 6.45) is 1.66. The van der Waals surface area contributed by atoms with Gasteiger partial charge in [-0.3, -0.25) is 5.43 Å². The quantitative estimate of drug-likeness (QED) is 0.408. The fourth-order valence-electron chi connectivity index (χ4n) is 2.58. The molecule has 0 fully saturated rings. The van der Waals surface area contributed by atoms with Gasteiger partial charge in [0.1, 0.15) is 11.5 Å². The molecule has 5 nitrogen and oxygen atoms in total. The number of carbonyl (C=O) groups is 1. The average molecular weight is 374 g/mol. The Bertz CT molecular complexity index is 962. The molecule has 0 aliphatic rings. The molecule has 3 aromatic rings. The molecule has 0 aromatic heterocycles. The van der Waals surface area contributed by atoms with Crippen molar-refractivity contribution in [1.82, 2.24) is 0 Å². The number of hydrogen-bond acceptors (Lipinski definition) is 4. The highest BCUT2D eigenvalue weighted by Crippen LogP contribution is 2.24. The van der Waals surface area contributed by atoms with Crippen molar-refractivity contribution in [2.75, 3.05) is 5.43 Å². The zero-order chi connectivity index (χ0) is 19.9. The number of hydrogen-bond donors (Lipinski definition) is 2. The Labute approximate surface area is 164 Å². The van der Waals surface area contributed by atoms with Gasteiger partial charge in [0.15, 0.2) is 0 Å². The predicted octanol–water partition coefficient (Wildman–Crippen LogP) is 5.75. The molecule has 2 N–H and O–H groups in total. The van der Waals surface area contributed by atoms with Crippen LogP contribution in [0.2, 0.25) is 0 Å². The van der Waals surface area contributed by atoms with Gasteiger partial charge < -0.3 is 9.84 Å². The van der Waals surface area contributed by atoms with Crippen molar-refractivity contribution >= 4 is 17.9 Å². The van der Waals surface area contributed by atoms with Crippen LogP contribution in [-0.2, 0) is 0 Å². The Morgan fingerprint density at radius 1 is 1.00 bits per heavy atom. The minimum atomic E-state index is -0.970. The number of aromatic carboxylic acids is 1. The van der Waals surface area contributed by atoms with Crippen LogP contribution in [-0.4, -0.2) is 17.3 Å². The molecule has 0 aliphatic carbocycles. The topological polar surface area (TPSA) is 70.9 Å². The summed E-state index contributed by atoms with van der Waals surface area (Å²) >= 11 is 0. The maximum absolute atomic E-state index is 11.0. The number of ether oxygens (including phenoxy) is 1. The first kappa shape index (κ1) is 19.2. The summed E-state index contributed by atoms with van der Waals surface area (Å²) in [6.45, 7) is 4.32. The summed E-state index contributed by atoms with van der Waals surface area (Å²) in [5.41, 5.74) is 5.83. The van der Waals surface area contributed by atoms with Crippen LogP contribution in [0.5, 0.6) is 11.5 Å². The molecule has 0 aliphatic heterocycles. The number of rotatable bonds is 7. The standard InChI is InChI=1S/C23H22N2O3/c1-16(2)18-8-12-22(13-9-18)28-21-10-6-17(7-11-21)15-24-25-20-5-3-4-19(14-20)23(26)27/h3-16,25H,1-2H3,(H,26,27). The van der Waals surface area contributed by atoms with E-state index in [2.05, 4.69) is 36.5 Å². The third kappa shape index (κ3) is 5.20. The lowest BCUT2D eigenvalue weighted by atomic mass is 10.0. The van der Waals surface area contributed by atoms with Crippen LogP contribution in [0.4, 0.5) is 5.69 Å². The smallest absolute Gasteiger partial charge is 0.335 e. The molecular weight excluding hydrogens is 352 g/mol. The Hall–Kier alpha value is -3.60. The maximum atomic E-state index is 11.0. The molecule has 0 bridgehead atoms. The third-order valence-electron chi connectivity index (χ3n) is 4.18. The van der Waals surface area contributed by atoms with Gasteiger partial charge in [-0.05, 0) is 71.6 Å². The molecule has 0 amide bonds. The Morgan fingerprint density at radius 2 is 1.64 bits per heavy atom. The van der Waals surface area contributed by atoms with Gasteiger partial charge in [0.05, 0.1) is 17.5 Å². The van der Waals surface area contributed by atoms with E-state index in [0.717, 1.165) is 17.1 Å². The lowest BCUT2D eigenvalue weighted by Crippen LogP contribution is -1.97. The molecule has 0 atom stereocenters. The van der Waals surface area contributed by atoms with E-state index in [1.807, 2.05) is 36.4 Å². The maximum Gasteiger partial charge on any atom is 0.335 e. The lowest BCUT2D eigenvalue weighted by molar-refractivity contribution is 0.0697. The van der Waals surface area contributed by atoms with Gasteiger partial charge in [0, 0.05) is 0 Å². The first-order valence-electron chi connectivity index (χ1n) is 9.01. The van der Waals surface area contributed by atoms with Crippen molar-refractivity contribution < 1.29 is 14.6 Å². The van der Waals surface area contributed by atoms with Gasteiger partial charge in [0.2, 0.25) is 0 Å². The van der Waals surface area contributed by atoms with Gasteiger partial charge in [-0.15, -0.1) is 0 Å². The van der Waals surface area contributed by atoms with E-state index in [-0.39, 0.29) is 5.56 Å². The summed E-state index contributed by atoms with van der Waals surface area (Å²) in [7, 11) is 0. The van der Waals surface area contributed by atoms with E-state index in [1.165, 1.54) is 17.7 Å². The number of nitrogens with one attached hydrogen (secondary N) is 1. The summed E-state index contributed by atoms with van der Waals surface area (Å²) in [4.78, 5) is 11.0. The number of carboxylic acid groups (broad SMARTS) is 1. The van der Waals surface area contributed by atoms with Crippen LogP contribution in [0.25, 0.3) is 0 Å². The summed E-state index contributed by atoms with van der Waals surface area (Å²) < 4.78 is 5.86. The van der Waals surface area contributed by atoms with E-state index in [9.17, 15) is 4.79 Å². The van der Waals surface area contributed by atoms with Crippen molar-refractivity contribution in [3.05, 3.63) is 89.5 Å². The van der Waals surface area contributed by atoms with E-state index in [4.69, 9.17) is 9.84 Å². The van der Waals surface area contributed by atoms with E-state index in [0.29, 0.717) is 11.6 Å². The van der Waals surface area contributed by atoms with Crippen LogP contribution in [0.3, 0.4) is 0 Å². The minimum Gasteiger partial charge on any atom is -0.478 e. The highest BCUT2D eigenvalue weighted by Gasteiger charge is 2.03. The van der Waals surface area contributed by atoms with Crippen molar-refractivity contribution in [3.63, 3.8) is 0 Å². The molecule has 0 unspecified atom stereocenters. The first-order chi connectivity index (χ1) is 13.5. The highest BCUT2D eigenvalue weighted by molar-refractivity contribution is 5.88. The second-order valence-electron chi connectivity index (χ2n) is 6.65. The number of benzene rings is 3. The predicted molar refractivity (Wildman–Crippen MR) is 112 cm³/mol.